The fourth-order valence-corrected chi connectivity index (χ4v) is 5.60. The Morgan fingerprint density at radius 3 is 2.20 bits per heavy atom. The number of piperidine rings is 1. The van der Waals surface area contributed by atoms with E-state index in [1.807, 2.05) is 42.5 Å². The summed E-state index contributed by atoms with van der Waals surface area (Å²) in [7, 11) is 0. The maximum Gasteiger partial charge on any atom is 0.319 e. The summed E-state index contributed by atoms with van der Waals surface area (Å²) in [5.74, 6) is 0.515. The fraction of sp³-hybridized carbons (Fsp3) is 0.394. The van der Waals surface area contributed by atoms with Crippen LogP contribution in [0.1, 0.15) is 34.3 Å². The predicted molar refractivity (Wildman–Crippen MR) is 163 cm³/mol. The summed E-state index contributed by atoms with van der Waals surface area (Å²) in [5, 5.41) is 8.92. The van der Waals surface area contributed by atoms with Gasteiger partial charge in [-0.2, -0.15) is 0 Å². The first-order chi connectivity index (χ1) is 20.1. The quantitative estimate of drug-likeness (QED) is 0.342. The maximum atomic E-state index is 13.5. The van der Waals surface area contributed by atoms with Crippen molar-refractivity contribution in [2.45, 2.75) is 25.8 Å². The van der Waals surface area contributed by atoms with Gasteiger partial charge in [0.05, 0.1) is 18.8 Å². The molecule has 0 saturated carbocycles. The van der Waals surface area contributed by atoms with Crippen LogP contribution in [0.3, 0.4) is 0 Å². The van der Waals surface area contributed by atoms with E-state index in [1.54, 1.807) is 6.07 Å². The summed E-state index contributed by atoms with van der Waals surface area (Å²) in [6.45, 7) is 6.81. The topological polar surface area (TPSA) is 85.9 Å². The van der Waals surface area contributed by atoms with E-state index in [0.29, 0.717) is 30.3 Å². The molecule has 5 rings (SSSR count). The molecule has 0 atom stereocenters. The van der Waals surface area contributed by atoms with Gasteiger partial charge in [0.1, 0.15) is 0 Å². The molecule has 0 unspecified atom stereocenters. The molecule has 41 heavy (non-hydrogen) atoms. The normalized spacial score (nSPS) is 16.2. The average Bonchev–Trinajstić information content (AvgIpc) is 3.02. The predicted octanol–water partition coefficient (Wildman–Crippen LogP) is 4.53. The van der Waals surface area contributed by atoms with Crippen LogP contribution in [0.2, 0.25) is 0 Å². The molecule has 3 aromatic carbocycles. The number of ether oxygens (including phenoxy) is 1. The molecule has 2 heterocycles. The Morgan fingerprint density at radius 1 is 0.805 bits per heavy atom. The van der Waals surface area contributed by atoms with Gasteiger partial charge in [0, 0.05) is 57.2 Å². The number of amides is 3. The standard InChI is InChI=1S/C33H41N5O3/c39-32(34-15-18-37-19-21-41-22-20-37)30-24-29(36-33(40)35-25-28-9-5-2-6-10-28)11-12-31(30)38-16-13-27(14-17-38)23-26-7-3-1-4-8-26/h1-12,24,27H,13-23,25H2,(H,34,39)(H2,35,36,40). The van der Waals surface area contributed by atoms with Gasteiger partial charge in [-0.25, -0.2) is 4.79 Å². The molecule has 0 spiro atoms. The fourth-order valence-electron chi connectivity index (χ4n) is 5.60. The molecule has 2 aliphatic heterocycles. The number of urea groups is 1. The Hall–Kier alpha value is -3.88. The summed E-state index contributed by atoms with van der Waals surface area (Å²) in [5.41, 5.74) is 4.51. The lowest BCUT2D eigenvalue weighted by Gasteiger charge is -2.35. The van der Waals surface area contributed by atoms with Crippen LogP contribution in [-0.4, -0.2) is 69.3 Å². The smallest absolute Gasteiger partial charge is 0.319 e. The van der Waals surface area contributed by atoms with Crippen molar-refractivity contribution in [3.05, 3.63) is 95.6 Å². The Bertz CT molecular complexity index is 1260. The number of morpholine rings is 1. The molecule has 0 aromatic heterocycles. The average molecular weight is 556 g/mol. The summed E-state index contributed by atoms with van der Waals surface area (Å²) in [4.78, 5) is 30.8. The largest absolute Gasteiger partial charge is 0.379 e. The van der Waals surface area contributed by atoms with E-state index < -0.39 is 0 Å². The van der Waals surface area contributed by atoms with Crippen molar-refractivity contribution in [2.24, 2.45) is 5.92 Å². The first-order valence-electron chi connectivity index (χ1n) is 14.7. The third-order valence-corrected chi connectivity index (χ3v) is 7.93. The number of hydrogen-bond acceptors (Lipinski definition) is 5. The van der Waals surface area contributed by atoms with E-state index in [2.05, 4.69) is 56.1 Å². The van der Waals surface area contributed by atoms with Crippen molar-refractivity contribution in [3.63, 3.8) is 0 Å². The zero-order valence-corrected chi connectivity index (χ0v) is 23.7. The maximum absolute atomic E-state index is 13.5. The van der Waals surface area contributed by atoms with Gasteiger partial charge in [-0.05, 0) is 54.5 Å². The lowest BCUT2D eigenvalue weighted by atomic mass is 9.89. The Labute approximate surface area is 243 Å². The monoisotopic (exact) mass is 555 g/mol. The lowest BCUT2D eigenvalue weighted by Crippen LogP contribution is -2.41. The van der Waals surface area contributed by atoms with Crippen molar-refractivity contribution in [1.29, 1.82) is 0 Å². The second-order valence-electron chi connectivity index (χ2n) is 10.9. The van der Waals surface area contributed by atoms with Crippen molar-refractivity contribution in [3.8, 4) is 0 Å². The van der Waals surface area contributed by atoms with Crippen LogP contribution in [0.4, 0.5) is 16.2 Å². The summed E-state index contributed by atoms with van der Waals surface area (Å²) in [6.07, 6.45) is 3.24. The lowest BCUT2D eigenvalue weighted by molar-refractivity contribution is 0.0383. The molecule has 8 nitrogen and oxygen atoms in total. The van der Waals surface area contributed by atoms with E-state index in [0.717, 1.165) is 76.5 Å². The number of rotatable bonds is 10. The number of carbonyl (C=O) groups excluding carboxylic acids is 2. The summed E-state index contributed by atoms with van der Waals surface area (Å²) in [6, 6.07) is 25.8. The molecule has 3 aromatic rings. The van der Waals surface area contributed by atoms with Crippen LogP contribution >= 0.6 is 0 Å². The van der Waals surface area contributed by atoms with Crippen LogP contribution in [-0.2, 0) is 17.7 Å². The minimum Gasteiger partial charge on any atom is -0.379 e. The van der Waals surface area contributed by atoms with Gasteiger partial charge in [0.15, 0.2) is 0 Å². The number of hydrogen-bond donors (Lipinski definition) is 3. The number of anilines is 2. The van der Waals surface area contributed by atoms with E-state index >= 15 is 0 Å². The second kappa shape index (κ2) is 14.7. The first kappa shape index (κ1) is 28.6. The van der Waals surface area contributed by atoms with Crippen LogP contribution in [0.25, 0.3) is 0 Å². The van der Waals surface area contributed by atoms with E-state index in [1.165, 1.54) is 5.56 Å². The van der Waals surface area contributed by atoms with Crippen LogP contribution in [0.5, 0.6) is 0 Å². The molecular weight excluding hydrogens is 514 g/mol. The molecule has 3 N–H and O–H groups in total. The molecular formula is C33H41N5O3. The van der Waals surface area contributed by atoms with Crippen LogP contribution in [0.15, 0.2) is 78.9 Å². The highest BCUT2D eigenvalue weighted by Crippen LogP contribution is 2.30. The van der Waals surface area contributed by atoms with Gasteiger partial charge in [-0.1, -0.05) is 60.7 Å². The number of nitrogens with one attached hydrogen (secondary N) is 3. The molecule has 2 fully saturated rings. The van der Waals surface area contributed by atoms with E-state index in [4.69, 9.17) is 4.74 Å². The summed E-state index contributed by atoms with van der Waals surface area (Å²) >= 11 is 0. The Balaban J connectivity index is 1.23. The van der Waals surface area contributed by atoms with E-state index in [9.17, 15) is 9.59 Å². The molecule has 0 aliphatic carbocycles. The first-order valence-corrected chi connectivity index (χ1v) is 14.7. The minimum absolute atomic E-state index is 0.118. The summed E-state index contributed by atoms with van der Waals surface area (Å²) < 4.78 is 5.43. The number of nitrogens with zero attached hydrogens (tertiary/aromatic N) is 2. The molecule has 8 heteroatoms. The zero-order chi connectivity index (χ0) is 28.3. The number of benzene rings is 3. The molecule has 216 valence electrons. The Morgan fingerprint density at radius 2 is 1.49 bits per heavy atom. The van der Waals surface area contributed by atoms with Crippen LogP contribution < -0.4 is 20.9 Å². The zero-order valence-electron chi connectivity index (χ0n) is 23.7. The van der Waals surface area contributed by atoms with Gasteiger partial charge in [-0.15, -0.1) is 0 Å². The van der Waals surface area contributed by atoms with Crippen molar-refractivity contribution >= 4 is 23.3 Å². The van der Waals surface area contributed by atoms with Gasteiger partial charge < -0.3 is 25.6 Å². The molecule has 2 saturated heterocycles. The Kier molecular flexibility index (Phi) is 10.2. The van der Waals surface area contributed by atoms with Crippen molar-refractivity contribution in [2.75, 3.05) is 62.7 Å². The second-order valence-corrected chi connectivity index (χ2v) is 10.9. The molecule has 3 amide bonds. The third-order valence-electron chi connectivity index (χ3n) is 7.93. The van der Waals surface area contributed by atoms with Crippen molar-refractivity contribution in [1.82, 2.24) is 15.5 Å². The highest BCUT2D eigenvalue weighted by Gasteiger charge is 2.24. The third kappa shape index (κ3) is 8.55. The van der Waals surface area contributed by atoms with Gasteiger partial charge in [0.2, 0.25) is 0 Å². The highest BCUT2D eigenvalue weighted by atomic mass is 16.5. The number of carbonyl (C=O) groups is 2. The minimum atomic E-state index is -0.304. The van der Waals surface area contributed by atoms with Gasteiger partial charge in [-0.3, -0.25) is 9.69 Å². The van der Waals surface area contributed by atoms with Crippen LogP contribution in [0, 0.1) is 5.92 Å². The molecule has 0 bridgehead atoms. The van der Waals surface area contributed by atoms with Gasteiger partial charge in [0.25, 0.3) is 5.91 Å². The van der Waals surface area contributed by atoms with Crippen molar-refractivity contribution < 1.29 is 14.3 Å². The van der Waals surface area contributed by atoms with E-state index in [-0.39, 0.29) is 11.9 Å². The SMILES string of the molecule is O=C(NCc1ccccc1)Nc1ccc(N2CCC(Cc3ccccc3)CC2)c(C(=O)NCCN2CCOCC2)c1. The molecule has 0 radical (unpaired) electrons. The molecule has 2 aliphatic rings. The highest BCUT2D eigenvalue weighted by molar-refractivity contribution is 6.02. The van der Waals surface area contributed by atoms with Gasteiger partial charge >= 0.3 is 6.03 Å².